The fraction of sp³-hybridized carbons (Fsp3) is 0.500. The van der Waals surface area contributed by atoms with E-state index in [0.717, 1.165) is 0 Å². The first-order chi connectivity index (χ1) is 5.88. The van der Waals surface area contributed by atoms with Crippen LogP contribution in [0.4, 0.5) is 5.95 Å². The van der Waals surface area contributed by atoms with Crippen LogP contribution in [0.3, 0.4) is 0 Å². The Morgan fingerprint density at radius 3 is 2.62 bits per heavy atom. The van der Waals surface area contributed by atoms with Crippen molar-refractivity contribution in [1.29, 1.82) is 0 Å². The molecule has 0 saturated heterocycles. The molecule has 1 rings (SSSR count). The zero-order valence-corrected chi connectivity index (χ0v) is 8.59. The first-order valence-corrected chi connectivity index (χ1v) is 4.23. The van der Waals surface area contributed by atoms with Gasteiger partial charge in [0.15, 0.2) is 0 Å². The molecule has 2 N–H and O–H groups in total. The van der Waals surface area contributed by atoms with Crippen LogP contribution in [0.5, 0.6) is 5.88 Å². The first-order valence-electron chi connectivity index (χ1n) is 3.85. The van der Waals surface area contributed by atoms with Crippen LogP contribution in [0.15, 0.2) is 6.20 Å². The molecule has 5 heteroatoms. The van der Waals surface area contributed by atoms with Crippen molar-refractivity contribution in [3.05, 3.63) is 11.2 Å². The molecule has 1 heterocycles. The standard InChI is InChI=1S/C8H12ClN3O/c1-8(2,3)13-6-5(9)4-11-7(10)12-6/h4H,1-3H3,(H2,10,11,12). The lowest BCUT2D eigenvalue weighted by Crippen LogP contribution is -2.24. The van der Waals surface area contributed by atoms with Crippen LogP contribution in [-0.2, 0) is 0 Å². The summed E-state index contributed by atoms with van der Waals surface area (Å²) in [5, 5.41) is 0.365. The summed E-state index contributed by atoms with van der Waals surface area (Å²) in [4.78, 5) is 7.59. The third-order valence-corrected chi connectivity index (χ3v) is 1.39. The zero-order chi connectivity index (χ0) is 10.1. The third-order valence-electron chi connectivity index (χ3n) is 1.13. The number of rotatable bonds is 1. The van der Waals surface area contributed by atoms with Crippen molar-refractivity contribution in [1.82, 2.24) is 9.97 Å². The molecule has 0 atom stereocenters. The first kappa shape index (κ1) is 10.1. The Labute approximate surface area is 82.1 Å². The quantitative estimate of drug-likeness (QED) is 0.754. The van der Waals surface area contributed by atoms with E-state index in [4.69, 9.17) is 22.1 Å². The molecule has 0 aliphatic rings. The van der Waals surface area contributed by atoms with Gasteiger partial charge in [-0.2, -0.15) is 4.98 Å². The van der Waals surface area contributed by atoms with Crippen LogP contribution in [0, 0.1) is 0 Å². The molecule has 0 aromatic carbocycles. The molecule has 0 bridgehead atoms. The number of nitrogen functional groups attached to an aromatic ring is 1. The topological polar surface area (TPSA) is 61.0 Å². The minimum Gasteiger partial charge on any atom is -0.471 e. The molecule has 4 nitrogen and oxygen atoms in total. The van der Waals surface area contributed by atoms with Gasteiger partial charge < -0.3 is 10.5 Å². The van der Waals surface area contributed by atoms with Crippen LogP contribution in [0.1, 0.15) is 20.8 Å². The molecule has 0 saturated carbocycles. The smallest absolute Gasteiger partial charge is 0.238 e. The van der Waals surface area contributed by atoms with Crippen LogP contribution in [-0.4, -0.2) is 15.6 Å². The van der Waals surface area contributed by atoms with Crippen LogP contribution in [0.2, 0.25) is 5.02 Å². The maximum atomic E-state index is 5.80. The van der Waals surface area contributed by atoms with E-state index >= 15 is 0 Å². The van der Waals surface area contributed by atoms with E-state index in [-0.39, 0.29) is 11.5 Å². The van der Waals surface area contributed by atoms with Crippen molar-refractivity contribution in [2.24, 2.45) is 0 Å². The summed E-state index contributed by atoms with van der Waals surface area (Å²) < 4.78 is 5.45. The maximum absolute atomic E-state index is 5.80. The van der Waals surface area contributed by atoms with Crippen molar-refractivity contribution < 1.29 is 4.74 Å². The van der Waals surface area contributed by atoms with Gasteiger partial charge in [-0.3, -0.25) is 0 Å². The molecule has 0 spiro atoms. The van der Waals surface area contributed by atoms with Crippen LogP contribution >= 0.6 is 11.6 Å². The summed E-state index contributed by atoms with van der Waals surface area (Å²) >= 11 is 5.80. The van der Waals surface area contributed by atoms with E-state index in [1.54, 1.807) is 0 Å². The Kier molecular flexibility index (Phi) is 2.61. The van der Waals surface area contributed by atoms with Crippen molar-refractivity contribution >= 4 is 17.5 Å². The lowest BCUT2D eigenvalue weighted by Gasteiger charge is -2.20. The molecular formula is C8H12ClN3O. The molecule has 1 aromatic rings. The summed E-state index contributed by atoms with van der Waals surface area (Å²) in [6.07, 6.45) is 1.42. The predicted octanol–water partition coefficient (Wildman–Crippen LogP) is 1.89. The number of hydrogen-bond donors (Lipinski definition) is 1. The average molecular weight is 202 g/mol. The van der Waals surface area contributed by atoms with E-state index in [9.17, 15) is 0 Å². The summed E-state index contributed by atoms with van der Waals surface area (Å²) in [6.45, 7) is 5.71. The van der Waals surface area contributed by atoms with Gasteiger partial charge in [-0.1, -0.05) is 11.6 Å². The van der Waals surface area contributed by atoms with Crippen LogP contribution < -0.4 is 10.5 Å². The Hall–Kier alpha value is -1.03. The molecule has 72 valence electrons. The monoisotopic (exact) mass is 201 g/mol. The van der Waals surface area contributed by atoms with Crippen molar-refractivity contribution in [3.8, 4) is 5.88 Å². The van der Waals surface area contributed by atoms with Gasteiger partial charge >= 0.3 is 0 Å². The SMILES string of the molecule is CC(C)(C)Oc1nc(N)ncc1Cl. The van der Waals surface area contributed by atoms with E-state index < -0.39 is 0 Å². The number of nitrogens with zero attached hydrogens (tertiary/aromatic N) is 2. The fourth-order valence-corrected chi connectivity index (χ4v) is 0.856. The second-order valence-corrected chi connectivity index (χ2v) is 4.00. The third kappa shape index (κ3) is 3.06. The fourth-order valence-electron chi connectivity index (χ4n) is 0.726. The summed E-state index contributed by atoms with van der Waals surface area (Å²) in [6, 6.07) is 0. The van der Waals surface area contributed by atoms with Gasteiger partial charge in [-0.05, 0) is 20.8 Å². The van der Waals surface area contributed by atoms with E-state index in [2.05, 4.69) is 9.97 Å². The van der Waals surface area contributed by atoms with Gasteiger partial charge in [-0.25, -0.2) is 4.98 Å². The second-order valence-electron chi connectivity index (χ2n) is 3.60. The predicted molar refractivity (Wildman–Crippen MR) is 51.8 cm³/mol. The Balaban J connectivity index is 2.94. The second kappa shape index (κ2) is 3.38. The Morgan fingerprint density at radius 1 is 1.46 bits per heavy atom. The Bertz CT molecular complexity index is 309. The number of ether oxygens (including phenoxy) is 1. The van der Waals surface area contributed by atoms with Gasteiger partial charge in [0.1, 0.15) is 10.6 Å². The van der Waals surface area contributed by atoms with E-state index in [0.29, 0.717) is 10.9 Å². The number of aromatic nitrogens is 2. The van der Waals surface area contributed by atoms with Crippen molar-refractivity contribution in [2.45, 2.75) is 26.4 Å². The average Bonchev–Trinajstić information content (AvgIpc) is 1.94. The van der Waals surface area contributed by atoms with Gasteiger partial charge in [0.05, 0.1) is 6.20 Å². The Morgan fingerprint density at radius 2 is 2.08 bits per heavy atom. The van der Waals surface area contributed by atoms with E-state index in [1.807, 2.05) is 20.8 Å². The molecule has 0 amide bonds. The highest BCUT2D eigenvalue weighted by atomic mass is 35.5. The highest BCUT2D eigenvalue weighted by Crippen LogP contribution is 2.24. The highest BCUT2D eigenvalue weighted by Gasteiger charge is 2.15. The molecule has 13 heavy (non-hydrogen) atoms. The number of hydrogen-bond acceptors (Lipinski definition) is 4. The van der Waals surface area contributed by atoms with Gasteiger partial charge in [0.2, 0.25) is 11.8 Å². The molecule has 0 unspecified atom stereocenters. The zero-order valence-electron chi connectivity index (χ0n) is 7.84. The lowest BCUT2D eigenvalue weighted by atomic mass is 10.2. The maximum Gasteiger partial charge on any atom is 0.238 e. The summed E-state index contributed by atoms with van der Waals surface area (Å²) in [5.41, 5.74) is 5.04. The normalized spacial score (nSPS) is 11.4. The summed E-state index contributed by atoms with van der Waals surface area (Å²) in [7, 11) is 0. The van der Waals surface area contributed by atoms with Gasteiger partial charge in [-0.15, -0.1) is 0 Å². The van der Waals surface area contributed by atoms with Crippen LogP contribution in [0.25, 0.3) is 0 Å². The van der Waals surface area contributed by atoms with Crippen molar-refractivity contribution in [2.75, 3.05) is 5.73 Å². The molecule has 0 fully saturated rings. The number of anilines is 1. The van der Waals surface area contributed by atoms with E-state index in [1.165, 1.54) is 6.20 Å². The molecule has 0 radical (unpaired) electrons. The largest absolute Gasteiger partial charge is 0.471 e. The van der Waals surface area contributed by atoms with Crippen molar-refractivity contribution in [3.63, 3.8) is 0 Å². The van der Waals surface area contributed by atoms with Gasteiger partial charge in [0.25, 0.3) is 0 Å². The molecule has 0 aliphatic carbocycles. The molecular weight excluding hydrogens is 190 g/mol. The van der Waals surface area contributed by atoms with Gasteiger partial charge in [0, 0.05) is 0 Å². The lowest BCUT2D eigenvalue weighted by molar-refractivity contribution is 0.124. The number of halogens is 1. The number of nitrogens with two attached hydrogens (primary N) is 1. The summed E-state index contributed by atoms with van der Waals surface area (Å²) in [5.74, 6) is 0.477. The molecule has 1 aromatic heterocycles. The molecule has 0 aliphatic heterocycles. The minimum atomic E-state index is -0.343. The minimum absolute atomic E-state index is 0.156. The highest BCUT2D eigenvalue weighted by molar-refractivity contribution is 6.31.